The smallest absolute Gasteiger partial charge is 0.240 e. The molecule has 4 heteroatoms. The zero-order valence-electron chi connectivity index (χ0n) is 8.82. The Bertz CT molecular complexity index is 240. The van der Waals surface area contributed by atoms with Crippen molar-refractivity contribution in [3.63, 3.8) is 0 Å². The van der Waals surface area contributed by atoms with Gasteiger partial charge in [0.25, 0.3) is 0 Å². The molecule has 0 bridgehead atoms. The minimum Gasteiger partial charge on any atom is -0.368 e. The van der Waals surface area contributed by atoms with Crippen LogP contribution in [0, 0.1) is 5.92 Å². The van der Waals surface area contributed by atoms with E-state index < -0.39 is 11.9 Å². The van der Waals surface area contributed by atoms with E-state index in [0.29, 0.717) is 25.3 Å². The molecule has 1 heterocycles. The maximum absolute atomic E-state index is 11.6. The van der Waals surface area contributed by atoms with E-state index in [9.17, 15) is 9.59 Å². The molecule has 0 radical (unpaired) electrons. The highest BCUT2D eigenvalue weighted by molar-refractivity contribution is 5.87. The number of carbonyl (C=O) groups excluding carboxylic acids is 2. The predicted octanol–water partition coefficient (Wildman–Crippen LogP) is 0.509. The molecular weight excluding hydrogens is 180 g/mol. The van der Waals surface area contributed by atoms with Crippen molar-refractivity contribution in [3.8, 4) is 0 Å². The lowest BCUT2D eigenvalue weighted by molar-refractivity contribution is -0.136. The molecule has 1 saturated heterocycles. The summed E-state index contributed by atoms with van der Waals surface area (Å²) >= 11 is 0. The van der Waals surface area contributed by atoms with Crippen LogP contribution >= 0.6 is 0 Å². The number of amides is 2. The van der Waals surface area contributed by atoms with Gasteiger partial charge in [-0.25, -0.2) is 0 Å². The van der Waals surface area contributed by atoms with Crippen molar-refractivity contribution in [3.05, 3.63) is 0 Å². The molecular formula is C10H18N2O2. The molecule has 4 nitrogen and oxygen atoms in total. The summed E-state index contributed by atoms with van der Waals surface area (Å²) in [4.78, 5) is 24.3. The molecule has 0 spiro atoms. The third-order valence-corrected chi connectivity index (χ3v) is 2.91. The summed E-state index contributed by atoms with van der Waals surface area (Å²) < 4.78 is 0. The Kier molecular flexibility index (Phi) is 3.49. The Labute approximate surface area is 84.4 Å². The zero-order valence-corrected chi connectivity index (χ0v) is 8.82. The van der Waals surface area contributed by atoms with Crippen LogP contribution in [0.1, 0.15) is 33.1 Å². The molecule has 14 heavy (non-hydrogen) atoms. The summed E-state index contributed by atoms with van der Waals surface area (Å²) in [6.45, 7) is 4.63. The van der Waals surface area contributed by atoms with Crippen LogP contribution in [0.25, 0.3) is 0 Å². The Balaban J connectivity index is 2.68. The first kappa shape index (κ1) is 11.0. The van der Waals surface area contributed by atoms with E-state index >= 15 is 0 Å². The van der Waals surface area contributed by atoms with Gasteiger partial charge in [-0.2, -0.15) is 0 Å². The molecule has 1 fully saturated rings. The molecule has 2 amide bonds. The van der Waals surface area contributed by atoms with Gasteiger partial charge in [0.15, 0.2) is 0 Å². The Hall–Kier alpha value is -1.06. The minimum atomic E-state index is -0.404. The maximum atomic E-state index is 11.6. The second-order valence-electron chi connectivity index (χ2n) is 3.85. The second kappa shape index (κ2) is 4.44. The van der Waals surface area contributed by atoms with E-state index in [-0.39, 0.29) is 5.91 Å². The van der Waals surface area contributed by atoms with Gasteiger partial charge < -0.3 is 10.6 Å². The number of hydrogen-bond acceptors (Lipinski definition) is 2. The molecule has 2 atom stereocenters. The van der Waals surface area contributed by atoms with Crippen molar-refractivity contribution in [1.82, 2.24) is 4.90 Å². The fourth-order valence-electron chi connectivity index (χ4n) is 1.96. The maximum Gasteiger partial charge on any atom is 0.240 e. The van der Waals surface area contributed by atoms with Gasteiger partial charge in [0, 0.05) is 13.0 Å². The molecule has 0 aliphatic carbocycles. The van der Waals surface area contributed by atoms with Crippen molar-refractivity contribution in [1.29, 1.82) is 0 Å². The van der Waals surface area contributed by atoms with Crippen LogP contribution in [0.3, 0.4) is 0 Å². The van der Waals surface area contributed by atoms with Crippen molar-refractivity contribution in [2.75, 3.05) is 6.54 Å². The Morgan fingerprint density at radius 1 is 1.64 bits per heavy atom. The average Bonchev–Trinajstić information content (AvgIpc) is 2.48. The first-order chi connectivity index (χ1) is 6.60. The van der Waals surface area contributed by atoms with E-state index in [1.807, 2.05) is 6.92 Å². The SMILES string of the molecule is CCC(C(N)=O)N1C[C@H](CC)CC1=O. The van der Waals surface area contributed by atoms with E-state index in [1.54, 1.807) is 4.90 Å². The van der Waals surface area contributed by atoms with Gasteiger partial charge in [-0.15, -0.1) is 0 Å². The number of rotatable bonds is 4. The second-order valence-corrected chi connectivity index (χ2v) is 3.85. The molecule has 1 aliphatic rings. The van der Waals surface area contributed by atoms with Crippen LogP contribution in [0.5, 0.6) is 0 Å². The van der Waals surface area contributed by atoms with Crippen LogP contribution in [-0.4, -0.2) is 29.3 Å². The molecule has 1 aliphatic heterocycles. The van der Waals surface area contributed by atoms with E-state index in [4.69, 9.17) is 5.73 Å². The average molecular weight is 198 g/mol. The van der Waals surface area contributed by atoms with Crippen LogP contribution in [0.15, 0.2) is 0 Å². The lowest BCUT2D eigenvalue weighted by Crippen LogP contribution is -2.45. The number of carbonyl (C=O) groups is 2. The molecule has 1 unspecified atom stereocenters. The summed E-state index contributed by atoms with van der Waals surface area (Å²) in [5.41, 5.74) is 5.24. The van der Waals surface area contributed by atoms with Crippen LogP contribution in [0.2, 0.25) is 0 Å². The lowest BCUT2D eigenvalue weighted by atomic mass is 10.1. The van der Waals surface area contributed by atoms with Gasteiger partial charge in [-0.3, -0.25) is 9.59 Å². The first-order valence-electron chi connectivity index (χ1n) is 5.18. The van der Waals surface area contributed by atoms with E-state index in [0.717, 1.165) is 6.42 Å². The molecule has 80 valence electrons. The van der Waals surface area contributed by atoms with Crippen molar-refractivity contribution < 1.29 is 9.59 Å². The predicted molar refractivity (Wildman–Crippen MR) is 53.4 cm³/mol. The van der Waals surface area contributed by atoms with Gasteiger partial charge in [0.1, 0.15) is 6.04 Å². The Morgan fingerprint density at radius 2 is 2.29 bits per heavy atom. The highest BCUT2D eigenvalue weighted by Gasteiger charge is 2.34. The topological polar surface area (TPSA) is 63.4 Å². The van der Waals surface area contributed by atoms with Gasteiger partial charge in [-0.05, 0) is 12.3 Å². The normalized spacial score (nSPS) is 24.0. The molecule has 0 aromatic rings. The summed E-state index contributed by atoms with van der Waals surface area (Å²) in [6.07, 6.45) is 2.16. The van der Waals surface area contributed by atoms with Crippen LogP contribution in [-0.2, 0) is 9.59 Å². The number of nitrogens with zero attached hydrogens (tertiary/aromatic N) is 1. The van der Waals surface area contributed by atoms with Crippen molar-refractivity contribution in [2.24, 2.45) is 11.7 Å². The fourth-order valence-corrected chi connectivity index (χ4v) is 1.96. The largest absolute Gasteiger partial charge is 0.368 e. The monoisotopic (exact) mass is 198 g/mol. The van der Waals surface area contributed by atoms with E-state index in [1.165, 1.54) is 0 Å². The van der Waals surface area contributed by atoms with Gasteiger partial charge in [0.2, 0.25) is 11.8 Å². The summed E-state index contributed by atoms with van der Waals surface area (Å²) in [6, 6.07) is -0.404. The van der Waals surface area contributed by atoms with Crippen molar-refractivity contribution in [2.45, 2.75) is 39.2 Å². The fraction of sp³-hybridized carbons (Fsp3) is 0.800. The van der Waals surface area contributed by atoms with Gasteiger partial charge in [-0.1, -0.05) is 20.3 Å². The standard InChI is InChI=1S/C10H18N2O2/c1-3-7-5-9(13)12(6-7)8(4-2)10(11)14/h7-8H,3-6H2,1-2H3,(H2,11,14)/t7-,8?/m1/s1. The number of hydrogen-bond donors (Lipinski definition) is 1. The van der Waals surface area contributed by atoms with Crippen molar-refractivity contribution >= 4 is 11.8 Å². The highest BCUT2D eigenvalue weighted by atomic mass is 16.2. The van der Waals surface area contributed by atoms with E-state index in [2.05, 4.69) is 6.92 Å². The summed E-state index contributed by atoms with van der Waals surface area (Å²) in [5.74, 6) is 0.0796. The molecule has 0 aromatic heterocycles. The molecule has 1 rings (SSSR count). The van der Waals surface area contributed by atoms with Gasteiger partial charge in [0.05, 0.1) is 0 Å². The zero-order chi connectivity index (χ0) is 10.7. The number of primary amides is 1. The van der Waals surface area contributed by atoms with Crippen LogP contribution in [0.4, 0.5) is 0 Å². The quantitative estimate of drug-likeness (QED) is 0.715. The lowest BCUT2D eigenvalue weighted by Gasteiger charge is -2.24. The summed E-state index contributed by atoms with van der Waals surface area (Å²) in [7, 11) is 0. The third-order valence-electron chi connectivity index (χ3n) is 2.91. The van der Waals surface area contributed by atoms with Crippen LogP contribution < -0.4 is 5.73 Å². The highest BCUT2D eigenvalue weighted by Crippen LogP contribution is 2.23. The minimum absolute atomic E-state index is 0.0718. The molecule has 2 N–H and O–H groups in total. The molecule has 0 saturated carbocycles. The first-order valence-corrected chi connectivity index (χ1v) is 5.18. The third kappa shape index (κ3) is 2.05. The number of nitrogens with two attached hydrogens (primary N) is 1. The van der Waals surface area contributed by atoms with Gasteiger partial charge >= 0.3 is 0 Å². The Morgan fingerprint density at radius 3 is 2.64 bits per heavy atom. The summed E-state index contributed by atoms with van der Waals surface area (Å²) in [5, 5.41) is 0. The number of likely N-dealkylation sites (tertiary alicyclic amines) is 1. The molecule has 0 aromatic carbocycles.